The second-order valence-electron chi connectivity index (χ2n) is 1.60. The first-order valence-corrected chi connectivity index (χ1v) is 2.39. The molecule has 0 aliphatic carbocycles. The van der Waals surface area contributed by atoms with Crippen LogP contribution in [-0.2, 0) is 0 Å². The van der Waals surface area contributed by atoms with E-state index in [1.165, 1.54) is 0 Å². The summed E-state index contributed by atoms with van der Waals surface area (Å²) in [5.41, 5.74) is 0. The van der Waals surface area contributed by atoms with Crippen molar-refractivity contribution >= 4 is 0 Å². The third-order valence-corrected chi connectivity index (χ3v) is 0.576. The number of rotatable bonds is 2. The maximum atomic E-state index is 3.74. The molecule has 0 aromatic carbocycles. The lowest BCUT2D eigenvalue weighted by Crippen LogP contribution is -1.74. The summed E-state index contributed by atoms with van der Waals surface area (Å²) in [4.78, 5) is 0. The van der Waals surface area contributed by atoms with Gasteiger partial charge in [0.2, 0.25) is 0 Å². The first-order valence-electron chi connectivity index (χ1n) is 2.39. The summed E-state index contributed by atoms with van der Waals surface area (Å²) in [7, 11) is 0. The van der Waals surface area contributed by atoms with Crippen molar-refractivity contribution in [2.45, 2.75) is 6.92 Å². The van der Waals surface area contributed by atoms with Gasteiger partial charge in [0, 0.05) is 0 Å². The van der Waals surface area contributed by atoms with Gasteiger partial charge in [0.25, 0.3) is 0 Å². The zero-order chi connectivity index (χ0) is 5.70. The third kappa shape index (κ3) is 5.48. The van der Waals surface area contributed by atoms with Gasteiger partial charge in [-0.2, -0.15) is 0 Å². The minimum Gasteiger partial charge on any atom is -0.0991 e. The first-order chi connectivity index (χ1) is 3.27. The molecule has 0 amide bonds. The fourth-order valence-electron chi connectivity index (χ4n) is 0.268. The van der Waals surface area contributed by atoms with Crippen LogP contribution in [0.25, 0.3) is 0 Å². The quantitative estimate of drug-likeness (QED) is 0.461. The summed E-state index contributed by atoms with van der Waals surface area (Å²) in [6.45, 7) is 9.29. The molecule has 0 N–H and O–H groups in total. The van der Waals surface area contributed by atoms with E-state index in [9.17, 15) is 0 Å². The monoisotopic (exact) mass is 95.1 g/mol. The molecule has 0 rings (SSSR count). The molecular weight excluding hydrogens is 84.1 g/mol. The average Bonchev–Trinajstić information content (AvgIpc) is 1.61. The van der Waals surface area contributed by atoms with Gasteiger partial charge in [-0.3, -0.25) is 0 Å². The Balaban J connectivity index is 3.25. The van der Waals surface area contributed by atoms with E-state index in [0.29, 0.717) is 5.92 Å². The minimum atomic E-state index is 0.401. The van der Waals surface area contributed by atoms with Crippen LogP contribution in [0.3, 0.4) is 0 Å². The Kier molecular flexibility index (Phi) is 3.39. The van der Waals surface area contributed by atoms with E-state index in [1.807, 2.05) is 19.1 Å². The van der Waals surface area contributed by atoms with E-state index >= 15 is 0 Å². The fraction of sp³-hybridized carbons (Fsp3) is 0.286. The van der Waals surface area contributed by atoms with Crippen molar-refractivity contribution < 1.29 is 0 Å². The summed E-state index contributed by atoms with van der Waals surface area (Å²) in [6, 6.07) is 0. The Morgan fingerprint density at radius 1 is 1.57 bits per heavy atom. The molecule has 0 bridgehead atoms. The predicted molar refractivity (Wildman–Crippen MR) is 33.9 cm³/mol. The minimum absolute atomic E-state index is 0.401. The molecule has 0 spiro atoms. The Morgan fingerprint density at radius 3 is 2.29 bits per heavy atom. The second kappa shape index (κ2) is 3.66. The Labute approximate surface area is 45.5 Å². The summed E-state index contributed by atoms with van der Waals surface area (Å²) in [5.74, 6) is 0.401. The highest BCUT2D eigenvalue weighted by molar-refractivity contribution is 4.99. The van der Waals surface area contributed by atoms with Crippen LogP contribution >= 0.6 is 0 Å². The Morgan fingerprint density at radius 2 is 2.14 bits per heavy atom. The van der Waals surface area contributed by atoms with E-state index in [4.69, 9.17) is 0 Å². The molecule has 0 aromatic heterocycles. The van der Waals surface area contributed by atoms with Crippen LogP contribution in [0, 0.1) is 12.8 Å². The lowest BCUT2D eigenvalue weighted by Gasteiger charge is -1.87. The van der Waals surface area contributed by atoms with Crippen molar-refractivity contribution in [1.82, 2.24) is 0 Å². The molecule has 0 nitrogen and oxygen atoms in total. The summed E-state index contributed by atoms with van der Waals surface area (Å²) in [6.07, 6.45) is 5.65. The molecule has 0 aliphatic rings. The molecule has 0 heterocycles. The molecule has 0 heteroatoms. The van der Waals surface area contributed by atoms with Crippen molar-refractivity contribution in [2.24, 2.45) is 5.92 Å². The summed E-state index contributed by atoms with van der Waals surface area (Å²) in [5, 5.41) is 0. The van der Waals surface area contributed by atoms with Crippen molar-refractivity contribution in [2.75, 3.05) is 0 Å². The van der Waals surface area contributed by atoms with Gasteiger partial charge in [0.05, 0.1) is 0 Å². The van der Waals surface area contributed by atoms with E-state index in [1.54, 1.807) is 6.08 Å². The Hall–Kier alpha value is -0.520. The number of hydrogen-bond acceptors (Lipinski definition) is 0. The largest absolute Gasteiger partial charge is 0.0991 e. The first kappa shape index (κ1) is 6.48. The van der Waals surface area contributed by atoms with Crippen LogP contribution in [0.4, 0.5) is 0 Å². The van der Waals surface area contributed by atoms with Crippen LogP contribution in [0.5, 0.6) is 0 Å². The molecule has 7 heavy (non-hydrogen) atoms. The molecule has 0 saturated heterocycles. The van der Waals surface area contributed by atoms with Crippen molar-refractivity contribution in [1.29, 1.82) is 0 Å². The maximum Gasteiger partial charge on any atom is -0.0259 e. The van der Waals surface area contributed by atoms with Gasteiger partial charge < -0.3 is 0 Å². The molecule has 39 valence electrons. The van der Waals surface area contributed by atoms with E-state index in [2.05, 4.69) is 13.5 Å². The third-order valence-electron chi connectivity index (χ3n) is 0.576. The molecule has 1 unspecified atom stereocenters. The molecular formula is C7H11. The summed E-state index contributed by atoms with van der Waals surface area (Å²) < 4.78 is 0. The van der Waals surface area contributed by atoms with Crippen LogP contribution in [0.2, 0.25) is 0 Å². The molecule has 0 fully saturated rings. The zero-order valence-corrected chi connectivity index (χ0v) is 4.72. The standard InChI is InChI=1S/C7H11/c1-4-5-6-7(2)3/h4-7H,1-2H2,3H3/b6-5-. The predicted octanol–water partition coefficient (Wildman–Crippen LogP) is 2.20. The highest BCUT2D eigenvalue weighted by atomic mass is 13.8. The zero-order valence-electron chi connectivity index (χ0n) is 4.72. The maximum absolute atomic E-state index is 3.74. The van der Waals surface area contributed by atoms with Crippen molar-refractivity contribution in [3.63, 3.8) is 0 Å². The fourth-order valence-corrected chi connectivity index (χ4v) is 0.268. The topological polar surface area (TPSA) is 0 Å². The van der Waals surface area contributed by atoms with Gasteiger partial charge in [0.15, 0.2) is 0 Å². The average molecular weight is 95.2 g/mol. The van der Waals surface area contributed by atoms with Gasteiger partial charge in [-0.1, -0.05) is 31.7 Å². The molecule has 0 aliphatic heterocycles. The van der Waals surface area contributed by atoms with E-state index in [-0.39, 0.29) is 0 Å². The molecule has 1 radical (unpaired) electrons. The van der Waals surface area contributed by atoms with Crippen molar-refractivity contribution in [3.8, 4) is 0 Å². The highest BCUT2D eigenvalue weighted by Gasteiger charge is 1.77. The summed E-state index contributed by atoms with van der Waals surface area (Å²) >= 11 is 0. The molecule has 0 saturated carbocycles. The van der Waals surface area contributed by atoms with Crippen LogP contribution < -0.4 is 0 Å². The van der Waals surface area contributed by atoms with Crippen molar-refractivity contribution in [3.05, 3.63) is 31.7 Å². The van der Waals surface area contributed by atoms with Gasteiger partial charge >= 0.3 is 0 Å². The Bertz CT molecular complexity index is 68.1. The highest BCUT2D eigenvalue weighted by Crippen LogP contribution is 1.90. The van der Waals surface area contributed by atoms with Crippen LogP contribution in [-0.4, -0.2) is 0 Å². The lowest BCUT2D eigenvalue weighted by molar-refractivity contribution is 0.936. The number of hydrogen-bond donors (Lipinski definition) is 0. The van der Waals surface area contributed by atoms with Gasteiger partial charge in [-0.05, 0) is 12.8 Å². The smallest absolute Gasteiger partial charge is 0.0259 e. The van der Waals surface area contributed by atoms with Gasteiger partial charge in [-0.25, -0.2) is 0 Å². The molecule has 1 atom stereocenters. The lowest BCUT2D eigenvalue weighted by atomic mass is 10.2. The normalized spacial score (nSPS) is 10.7. The second-order valence-corrected chi connectivity index (χ2v) is 1.60. The molecule has 0 aromatic rings. The van der Waals surface area contributed by atoms with E-state index in [0.717, 1.165) is 0 Å². The van der Waals surface area contributed by atoms with Gasteiger partial charge in [0.1, 0.15) is 0 Å². The SMILES string of the molecule is [CH2]C(C)/C=C\C=C. The van der Waals surface area contributed by atoms with Crippen LogP contribution in [0.15, 0.2) is 24.8 Å². The van der Waals surface area contributed by atoms with Crippen LogP contribution in [0.1, 0.15) is 6.92 Å². The van der Waals surface area contributed by atoms with Gasteiger partial charge in [-0.15, -0.1) is 0 Å². The number of allylic oxidation sites excluding steroid dienone is 3. The van der Waals surface area contributed by atoms with E-state index < -0.39 is 0 Å².